The lowest BCUT2D eigenvalue weighted by Gasteiger charge is -2.01. The number of benzene rings is 1. The van der Waals surface area contributed by atoms with Crippen LogP contribution in [-0.2, 0) is 0 Å². The molecule has 0 fully saturated rings. The Balaban J connectivity index is 2.56. The molecule has 0 saturated carbocycles. The van der Waals surface area contributed by atoms with Gasteiger partial charge in [-0.1, -0.05) is 12.1 Å². The van der Waals surface area contributed by atoms with Crippen molar-refractivity contribution in [2.75, 3.05) is 0 Å². The Bertz CT molecular complexity index is 596. The average Bonchev–Trinajstić information content (AvgIpc) is 2.71. The van der Waals surface area contributed by atoms with Gasteiger partial charge in [-0.05, 0) is 18.6 Å². The number of hydrogen-bond acceptors (Lipinski definition) is 3. The fourth-order valence-corrected chi connectivity index (χ4v) is 1.62. The molecule has 5 nitrogen and oxygen atoms in total. The van der Waals surface area contributed by atoms with Crippen molar-refractivity contribution in [1.29, 1.82) is 0 Å². The van der Waals surface area contributed by atoms with Crippen LogP contribution in [0.1, 0.15) is 17.7 Å². The number of para-hydroxylation sites is 2. The molecule has 0 saturated heterocycles. The summed E-state index contributed by atoms with van der Waals surface area (Å²) >= 11 is 0. The first-order valence-corrected chi connectivity index (χ1v) is 5.09. The summed E-state index contributed by atoms with van der Waals surface area (Å²) in [6.07, 6.45) is -1.35. The summed E-state index contributed by atoms with van der Waals surface area (Å²) in [5, 5.41) is 14.5. The van der Waals surface area contributed by atoms with Gasteiger partial charge in [0.2, 0.25) is 0 Å². The van der Waals surface area contributed by atoms with E-state index in [-0.39, 0.29) is 17.1 Å². The molecule has 1 heterocycles. The molecule has 0 aliphatic heterocycles. The molecule has 94 valence electrons. The Morgan fingerprint density at radius 3 is 2.61 bits per heavy atom. The Hall–Kier alpha value is -2.31. The highest BCUT2D eigenvalue weighted by Gasteiger charge is 2.19. The van der Waals surface area contributed by atoms with Crippen LogP contribution in [0.2, 0.25) is 0 Å². The van der Waals surface area contributed by atoms with E-state index in [1.54, 1.807) is 6.07 Å². The molecular formula is C11H9F2N3O2. The van der Waals surface area contributed by atoms with Crippen molar-refractivity contribution in [2.45, 2.75) is 13.3 Å². The minimum absolute atomic E-state index is 0.164. The molecule has 0 radical (unpaired) electrons. The highest BCUT2D eigenvalue weighted by molar-refractivity contribution is 5.51. The highest BCUT2D eigenvalue weighted by Crippen LogP contribution is 2.26. The standard InChI is InChI=1S/C11H9F2N3O2/c1-7-6-15(14-10(7)11(12)13)8-4-2-3-5-9(8)16(17)18/h2-6,11H,1H3. The minimum atomic E-state index is -2.70. The fraction of sp³-hybridized carbons (Fsp3) is 0.182. The van der Waals surface area contributed by atoms with E-state index in [2.05, 4.69) is 5.10 Å². The summed E-state index contributed by atoms with van der Waals surface area (Å²) in [4.78, 5) is 10.3. The number of nitro groups is 1. The van der Waals surface area contributed by atoms with Crippen LogP contribution in [-0.4, -0.2) is 14.7 Å². The molecule has 18 heavy (non-hydrogen) atoms. The number of rotatable bonds is 3. The molecule has 2 aromatic rings. The lowest BCUT2D eigenvalue weighted by molar-refractivity contribution is -0.384. The molecule has 0 spiro atoms. The maximum absolute atomic E-state index is 12.6. The number of alkyl halides is 2. The summed E-state index contributed by atoms with van der Waals surface area (Å²) < 4.78 is 26.3. The van der Waals surface area contributed by atoms with Gasteiger partial charge < -0.3 is 0 Å². The van der Waals surface area contributed by atoms with Gasteiger partial charge in [0, 0.05) is 12.3 Å². The Morgan fingerprint density at radius 1 is 1.39 bits per heavy atom. The van der Waals surface area contributed by atoms with Crippen LogP contribution in [0, 0.1) is 17.0 Å². The van der Waals surface area contributed by atoms with Crippen LogP contribution < -0.4 is 0 Å². The number of halogens is 2. The predicted octanol–water partition coefficient (Wildman–Crippen LogP) is 3.03. The summed E-state index contributed by atoms with van der Waals surface area (Å²) in [7, 11) is 0. The van der Waals surface area contributed by atoms with Gasteiger partial charge in [-0.15, -0.1) is 0 Å². The van der Waals surface area contributed by atoms with Crippen molar-refractivity contribution in [3.8, 4) is 5.69 Å². The Labute approximate surface area is 101 Å². The highest BCUT2D eigenvalue weighted by atomic mass is 19.3. The minimum Gasteiger partial charge on any atom is -0.258 e. The molecular weight excluding hydrogens is 244 g/mol. The van der Waals surface area contributed by atoms with Gasteiger partial charge in [-0.3, -0.25) is 10.1 Å². The van der Waals surface area contributed by atoms with Gasteiger partial charge in [0.05, 0.1) is 4.92 Å². The molecule has 1 aromatic carbocycles. The summed E-state index contributed by atoms with van der Waals surface area (Å²) in [6.45, 7) is 1.49. The van der Waals surface area contributed by atoms with Crippen molar-refractivity contribution < 1.29 is 13.7 Å². The van der Waals surface area contributed by atoms with E-state index in [1.165, 1.54) is 31.3 Å². The van der Waals surface area contributed by atoms with E-state index in [4.69, 9.17) is 0 Å². The largest absolute Gasteiger partial charge is 0.294 e. The number of aromatic nitrogens is 2. The van der Waals surface area contributed by atoms with Gasteiger partial charge in [-0.25, -0.2) is 13.5 Å². The first-order valence-electron chi connectivity index (χ1n) is 5.09. The zero-order valence-electron chi connectivity index (χ0n) is 9.38. The molecule has 0 atom stereocenters. The van der Waals surface area contributed by atoms with E-state index in [1.807, 2.05) is 0 Å². The van der Waals surface area contributed by atoms with Crippen LogP contribution >= 0.6 is 0 Å². The fourth-order valence-electron chi connectivity index (χ4n) is 1.62. The Morgan fingerprint density at radius 2 is 2.06 bits per heavy atom. The molecule has 2 rings (SSSR count). The third-order valence-corrected chi connectivity index (χ3v) is 2.47. The summed E-state index contributed by atoms with van der Waals surface area (Å²) in [5.41, 5.74) is -0.0883. The molecule has 0 unspecified atom stereocenters. The zero-order chi connectivity index (χ0) is 13.3. The predicted molar refractivity (Wildman–Crippen MR) is 59.9 cm³/mol. The van der Waals surface area contributed by atoms with Crippen molar-refractivity contribution in [1.82, 2.24) is 9.78 Å². The lowest BCUT2D eigenvalue weighted by Crippen LogP contribution is -2.01. The Kier molecular flexibility index (Phi) is 3.05. The average molecular weight is 253 g/mol. The number of nitro benzene ring substituents is 1. The molecule has 7 heteroatoms. The second-order valence-electron chi connectivity index (χ2n) is 3.69. The van der Waals surface area contributed by atoms with Crippen LogP contribution in [0.25, 0.3) is 5.69 Å². The molecule has 0 aliphatic rings. The third kappa shape index (κ3) is 2.06. The maximum Gasteiger partial charge on any atom is 0.294 e. The van der Waals surface area contributed by atoms with E-state index in [0.29, 0.717) is 5.56 Å². The van der Waals surface area contributed by atoms with Gasteiger partial charge in [-0.2, -0.15) is 5.10 Å². The van der Waals surface area contributed by atoms with Crippen LogP contribution in [0.4, 0.5) is 14.5 Å². The van der Waals surface area contributed by atoms with Crippen molar-refractivity contribution >= 4 is 5.69 Å². The van der Waals surface area contributed by atoms with Crippen molar-refractivity contribution in [3.05, 3.63) is 51.8 Å². The van der Waals surface area contributed by atoms with Crippen molar-refractivity contribution in [2.24, 2.45) is 0 Å². The molecule has 0 N–H and O–H groups in total. The maximum atomic E-state index is 12.6. The zero-order valence-corrected chi connectivity index (χ0v) is 9.38. The van der Waals surface area contributed by atoms with E-state index >= 15 is 0 Å². The normalized spacial score (nSPS) is 10.9. The number of hydrogen-bond donors (Lipinski definition) is 0. The second-order valence-corrected chi connectivity index (χ2v) is 3.69. The SMILES string of the molecule is Cc1cn(-c2ccccc2[N+](=O)[O-])nc1C(F)F. The van der Waals surface area contributed by atoms with Gasteiger partial charge in [0.1, 0.15) is 11.4 Å². The number of nitrogens with zero attached hydrogens (tertiary/aromatic N) is 3. The second kappa shape index (κ2) is 4.52. The first-order chi connectivity index (χ1) is 8.50. The summed E-state index contributed by atoms with van der Waals surface area (Å²) in [5.74, 6) is 0. The van der Waals surface area contributed by atoms with E-state index in [9.17, 15) is 18.9 Å². The van der Waals surface area contributed by atoms with E-state index in [0.717, 1.165) is 4.68 Å². The monoisotopic (exact) mass is 253 g/mol. The first kappa shape index (κ1) is 12.2. The van der Waals surface area contributed by atoms with Crippen LogP contribution in [0.15, 0.2) is 30.5 Å². The quantitative estimate of drug-likeness (QED) is 0.624. The molecule has 0 bridgehead atoms. The molecule has 0 aliphatic carbocycles. The third-order valence-electron chi connectivity index (χ3n) is 2.47. The lowest BCUT2D eigenvalue weighted by atomic mass is 10.2. The number of aryl methyl sites for hydroxylation is 1. The smallest absolute Gasteiger partial charge is 0.258 e. The topological polar surface area (TPSA) is 61.0 Å². The molecule has 0 amide bonds. The van der Waals surface area contributed by atoms with Gasteiger partial charge in [0.25, 0.3) is 12.1 Å². The van der Waals surface area contributed by atoms with Crippen LogP contribution in [0.3, 0.4) is 0 Å². The van der Waals surface area contributed by atoms with Gasteiger partial charge >= 0.3 is 0 Å². The van der Waals surface area contributed by atoms with Crippen molar-refractivity contribution in [3.63, 3.8) is 0 Å². The van der Waals surface area contributed by atoms with Crippen LogP contribution in [0.5, 0.6) is 0 Å². The molecule has 1 aromatic heterocycles. The van der Waals surface area contributed by atoms with Gasteiger partial charge in [0.15, 0.2) is 0 Å². The van der Waals surface area contributed by atoms with E-state index < -0.39 is 11.3 Å². The summed E-state index contributed by atoms with van der Waals surface area (Å²) in [6, 6.07) is 5.85.